The first-order valence-electron chi connectivity index (χ1n) is 10.5. The summed E-state index contributed by atoms with van der Waals surface area (Å²) in [6, 6.07) is 5.25. The highest BCUT2D eigenvalue weighted by Crippen LogP contribution is 2.39. The summed E-state index contributed by atoms with van der Waals surface area (Å²) in [4.78, 5) is 52.7. The summed E-state index contributed by atoms with van der Waals surface area (Å²) in [6.07, 6.45) is 4.23. The van der Waals surface area contributed by atoms with Crippen LogP contribution in [-0.2, 0) is 25.5 Å². The largest absolute Gasteiger partial charge is 0.469 e. The Hall–Kier alpha value is -2.97. The molecular formula is C22H28FN3O5. The van der Waals surface area contributed by atoms with Crippen molar-refractivity contribution in [1.82, 2.24) is 15.1 Å². The van der Waals surface area contributed by atoms with Gasteiger partial charge in [0.05, 0.1) is 13.0 Å². The number of halogens is 1. The predicted octanol–water partition coefficient (Wildman–Crippen LogP) is 1.87. The number of likely N-dealkylation sites (N-methyl/N-ethyl adjacent to an activating group) is 1. The van der Waals surface area contributed by atoms with Gasteiger partial charge in [-0.2, -0.15) is 0 Å². The summed E-state index contributed by atoms with van der Waals surface area (Å²) in [5.41, 5.74) is -0.121. The normalized spacial score (nSPS) is 18.9. The zero-order chi connectivity index (χ0) is 22.6. The van der Waals surface area contributed by atoms with Crippen LogP contribution in [0, 0.1) is 11.7 Å². The van der Waals surface area contributed by atoms with E-state index in [0.717, 1.165) is 29.7 Å². The lowest BCUT2D eigenvalue weighted by Gasteiger charge is -2.35. The monoisotopic (exact) mass is 433 g/mol. The molecule has 1 aromatic rings. The number of hydrogen-bond acceptors (Lipinski definition) is 5. The van der Waals surface area contributed by atoms with E-state index in [0.29, 0.717) is 12.8 Å². The number of nitrogens with one attached hydrogen (secondary N) is 1. The van der Waals surface area contributed by atoms with E-state index < -0.39 is 35.9 Å². The van der Waals surface area contributed by atoms with Crippen LogP contribution in [0.25, 0.3) is 0 Å². The molecule has 1 aromatic carbocycles. The summed E-state index contributed by atoms with van der Waals surface area (Å²) in [6.45, 7) is -0.422. The van der Waals surface area contributed by atoms with Crippen molar-refractivity contribution in [3.63, 3.8) is 0 Å². The minimum Gasteiger partial charge on any atom is -0.469 e. The number of ether oxygens (including phenoxy) is 1. The van der Waals surface area contributed by atoms with Crippen molar-refractivity contribution in [2.75, 3.05) is 27.2 Å². The van der Waals surface area contributed by atoms with Gasteiger partial charge in [0.25, 0.3) is 5.91 Å². The molecule has 1 aliphatic heterocycles. The molecule has 2 aliphatic rings. The smallest absolute Gasteiger partial charge is 0.327 e. The minimum atomic E-state index is -0.841. The summed E-state index contributed by atoms with van der Waals surface area (Å²) in [5.74, 6) is -2.44. The third-order valence-corrected chi connectivity index (χ3v) is 6.26. The van der Waals surface area contributed by atoms with Gasteiger partial charge in [0.1, 0.15) is 17.9 Å². The van der Waals surface area contributed by atoms with Gasteiger partial charge in [0, 0.05) is 13.6 Å². The van der Waals surface area contributed by atoms with Crippen LogP contribution in [0.4, 0.5) is 9.18 Å². The molecule has 31 heavy (non-hydrogen) atoms. The van der Waals surface area contributed by atoms with Gasteiger partial charge in [-0.05, 0) is 37.0 Å². The minimum absolute atomic E-state index is 0.0277. The predicted molar refractivity (Wildman–Crippen MR) is 109 cm³/mol. The first-order chi connectivity index (χ1) is 14.8. The van der Waals surface area contributed by atoms with E-state index in [9.17, 15) is 23.6 Å². The van der Waals surface area contributed by atoms with E-state index in [-0.39, 0.29) is 24.7 Å². The number of imide groups is 1. The number of urea groups is 1. The molecule has 0 unspecified atom stereocenters. The van der Waals surface area contributed by atoms with Crippen LogP contribution in [0.15, 0.2) is 24.3 Å². The zero-order valence-corrected chi connectivity index (χ0v) is 17.9. The fourth-order valence-corrected chi connectivity index (χ4v) is 4.42. The van der Waals surface area contributed by atoms with Crippen molar-refractivity contribution in [3.05, 3.63) is 35.6 Å². The average molecular weight is 433 g/mol. The number of hydrogen-bond donors (Lipinski definition) is 1. The molecule has 0 aromatic heterocycles. The number of carbonyl (C=O) groups excluding carboxylic acids is 4. The molecule has 1 heterocycles. The quantitative estimate of drug-likeness (QED) is 0.523. The molecule has 1 aliphatic carbocycles. The molecule has 9 heteroatoms. The molecule has 4 amide bonds. The standard InChI is InChI=1S/C22H28FN3O5/c1-25-21(30)26(20(29)22(25)10-4-3-5-11-22)14-18(27)24-13-16(19(28)31-2)12-15-6-8-17(23)9-7-15/h6-9,16H,3-5,10-14H2,1-2H3,(H,24,27)/t16-/m1/s1. The molecule has 0 bridgehead atoms. The van der Waals surface area contributed by atoms with Crippen molar-refractivity contribution < 1.29 is 28.3 Å². The number of nitrogens with zero attached hydrogens (tertiary/aromatic N) is 2. The number of benzene rings is 1. The Bertz CT molecular complexity index is 851. The summed E-state index contributed by atoms with van der Waals surface area (Å²) < 4.78 is 17.9. The van der Waals surface area contributed by atoms with Crippen molar-refractivity contribution in [1.29, 1.82) is 0 Å². The van der Waals surface area contributed by atoms with Crippen LogP contribution in [0.1, 0.15) is 37.7 Å². The van der Waals surface area contributed by atoms with Crippen molar-refractivity contribution in [2.24, 2.45) is 5.92 Å². The molecule has 1 spiro atoms. The maximum atomic E-state index is 13.1. The fourth-order valence-electron chi connectivity index (χ4n) is 4.42. The first-order valence-corrected chi connectivity index (χ1v) is 10.5. The maximum Gasteiger partial charge on any atom is 0.327 e. The average Bonchev–Trinajstić information content (AvgIpc) is 2.94. The SMILES string of the molecule is COC(=O)[C@@H](CNC(=O)CN1C(=O)N(C)C2(CCCCC2)C1=O)Cc1ccc(F)cc1. The van der Waals surface area contributed by atoms with Crippen LogP contribution in [0.2, 0.25) is 0 Å². The number of amides is 4. The van der Waals surface area contributed by atoms with E-state index in [2.05, 4.69) is 5.32 Å². The lowest BCUT2D eigenvalue weighted by atomic mass is 9.81. The topological polar surface area (TPSA) is 96.0 Å². The maximum absolute atomic E-state index is 13.1. The molecule has 1 N–H and O–H groups in total. The third kappa shape index (κ3) is 4.70. The van der Waals surface area contributed by atoms with Crippen LogP contribution >= 0.6 is 0 Å². The second-order valence-electron chi connectivity index (χ2n) is 8.18. The molecule has 1 saturated heterocycles. The zero-order valence-electron chi connectivity index (χ0n) is 17.9. The molecule has 8 nitrogen and oxygen atoms in total. The van der Waals surface area contributed by atoms with Crippen LogP contribution < -0.4 is 5.32 Å². The van der Waals surface area contributed by atoms with Gasteiger partial charge in [-0.1, -0.05) is 31.4 Å². The number of methoxy groups -OCH3 is 1. The molecule has 2 fully saturated rings. The summed E-state index contributed by atoms with van der Waals surface area (Å²) in [7, 11) is 2.86. The molecule has 3 rings (SSSR count). The van der Waals surface area contributed by atoms with Crippen LogP contribution in [-0.4, -0.2) is 66.4 Å². The Balaban J connectivity index is 1.60. The van der Waals surface area contributed by atoms with E-state index in [4.69, 9.17) is 4.74 Å². The highest BCUT2D eigenvalue weighted by Gasteiger charge is 2.55. The van der Waals surface area contributed by atoms with Crippen molar-refractivity contribution in [2.45, 2.75) is 44.1 Å². The lowest BCUT2D eigenvalue weighted by Crippen LogP contribution is -2.49. The fraction of sp³-hybridized carbons (Fsp3) is 0.545. The molecule has 1 atom stereocenters. The highest BCUT2D eigenvalue weighted by atomic mass is 19.1. The second-order valence-corrected chi connectivity index (χ2v) is 8.18. The van der Waals surface area contributed by atoms with E-state index >= 15 is 0 Å². The van der Waals surface area contributed by atoms with Gasteiger partial charge in [-0.3, -0.25) is 19.3 Å². The number of esters is 1. The first kappa shape index (κ1) is 22.7. The number of rotatable bonds is 7. The molecular weight excluding hydrogens is 405 g/mol. The van der Waals surface area contributed by atoms with Gasteiger partial charge < -0.3 is 15.0 Å². The molecule has 168 valence electrons. The van der Waals surface area contributed by atoms with Gasteiger partial charge in [0.2, 0.25) is 5.91 Å². The Morgan fingerprint density at radius 1 is 1.16 bits per heavy atom. The highest BCUT2D eigenvalue weighted by molar-refractivity contribution is 6.08. The lowest BCUT2D eigenvalue weighted by molar-refractivity contribution is -0.145. The van der Waals surface area contributed by atoms with Crippen molar-refractivity contribution >= 4 is 23.8 Å². The van der Waals surface area contributed by atoms with E-state index in [1.807, 2.05) is 0 Å². The Morgan fingerprint density at radius 3 is 2.42 bits per heavy atom. The van der Waals surface area contributed by atoms with Crippen LogP contribution in [0.3, 0.4) is 0 Å². The Labute approximate surface area is 180 Å². The van der Waals surface area contributed by atoms with Gasteiger partial charge >= 0.3 is 12.0 Å². The van der Waals surface area contributed by atoms with Crippen LogP contribution in [0.5, 0.6) is 0 Å². The van der Waals surface area contributed by atoms with Crippen molar-refractivity contribution in [3.8, 4) is 0 Å². The summed E-state index contributed by atoms with van der Waals surface area (Å²) >= 11 is 0. The van der Waals surface area contributed by atoms with Gasteiger partial charge in [-0.25, -0.2) is 9.18 Å². The molecule has 1 saturated carbocycles. The summed E-state index contributed by atoms with van der Waals surface area (Å²) in [5, 5.41) is 2.63. The van der Waals surface area contributed by atoms with E-state index in [1.165, 1.54) is 24.1 Å². The van der Waals surface area contributed by atoms with Gasteiger partial charge in [-0.15, -0.1) is 0 Å². The second kappa shape index (κ2) is 9.45. The van der Waals surface area contributed by atoms with Gasteiger partial charge in [0.15, 0.2) is 0 Å². The Morgan fingerprint density at radius 2 is 1.81 bits per heavy atom. The number of carbonyl (C=O) groups is 4. The Kier molecular flexibility index (Phi) is 6.92. The molecule has 0 radical (unpaired) electrons. The van der Waals surface area contributed by atoms with E-state index in [1.54, 1.807) is 19.2 Å². The third-order valence-electron chi connectivity index (χ3n) is 6.26.